The Bertz CT molecular complexity index is 1830. The van der Waals surface area contributed by atoms with Crippen LogP contribution in [-0.4, -0.2) is 58.1 Å². The smallest absolute Gasteiger partial charge is 0.416 e. The van der Waals surface area contributed by atoms with Crippen LogP contribution in [0.25, 0.3) is 11.5 Å². The molecule has 3 heterocycles. The lowest BCUT2D eigenvalue weighted by molar-refractivity contribution is -0.143. The van der Waals surface area contributed by atoms with E-state index < -0.39 is 63.8 Å². The fourth-order valence-electron chi connectivity index (χ4n) is 4.84. The van der Waals surface area contributed by atoms with E-state index in [0.717, 1.165) is 23.3 Å². The van der Waals surface area contributed by atoms with E-state index in [1.807, 2.05) is 0 Å². The van der Waals surface area contributed by atoms with Gasteiger partial charge in [0, 0.05) is 37.1 Å². The molecule has 1 aliphatic rings. The summed E-state index contributed by atoms with van der Waals surface area (Å²) in [5.41, 5.74) is -3.54. The summed E-state index contributed by atoms with van der Waals surface area (Å²) in [6.45, 7) is 0.0795. The van der Waals surface area contributed by atoms with Crippen molar-refractivity contribution in [2.45, 2.75) is 37.7 Å². The van der Waals surface area contributed by atoms with Crippen LogP contribution in [0.5, 0.6) is 0 Å². The lowest BCUT2D eigenvalue weighted by Gasteiger charge is -2.23. The molecule has 1 amide bonds. The van der Waals surface area contributed by atoms with Gasteiger partial charge in [-0.15, -0.1) is 10.2 Å². The highest BCUT2D eigenvalue weighted by Gasteiger charge is 2.39. The highest BCUT2D eigenvalue weighted by molar-refractivity contribution is 7.88. The van der Waals surface area contributed by atoms with E-state index >= 15 is 0 Å². The Labute approximate surface area is 256 Å². The van der Waals surface area contributed by atoms with Gasteiger partial charge in [-0.05, 0) is 48.4 Å². The first-order chi connectivity index (χ1) is 21.5. The fraction of sp³-hybridized carbons (Fsp3) is 0.321. The molecule has 1 atom stereocenters. The minimum atomic E-state index is -5.19. The number of halogens is 7. The van der Waals surface area contributed by atoms with Gasteiger partial charge in [0.1, 0.15) is 18.2 Å². The molecule has 5 rings (SSSR count). The quantitative estimate of drug-likeness (QED) is 0.234. The summed E-state index contributed by atoms with van der Waals surface area (Å²) >= 11 is 0. The molecule has 2 aromatic heterocycles. The largest absolute Gasteiger partial charge is 0.419 e. The van der Waals surface area contributed by atoms with Crippen molar-refractivity contribution in [3.8, 4) is 11.5 Å². The van der Waals surface area contributed by atoms with Crippen LogP contribution in [0.1, 0.15) is 40.7 Å². The standard InChI is InChI=1S/C28H23F7N6O4S/c1-46(43,44)40-9-8-17(14-40)25-36-12-18(13-37-25)26-39-38-23(45-26)15-41(21-6-4-20(29)5-7-21)24(42)10-16-2-3-19(27(30,31)32)11-22(16)28(33,34)35/h2-7,11-13,17H,8-10,14-15H2,1H3. The highest BCUT2D eigenvalue weighted by Crippen LogP contribution is 2.38. The van der Waals surface area contributed by atoms with Crippen LogP contribution in [0.2, 0.25) is 0 Å². The van der Waals surface area contributed by atoms with Gasteiger partial charge in [0.2, 0.25) is 21.8 Å². The predicted octanol–water partition coefficient (Wildman–Crippen LogP) is 5.23. The number of carbonyl (C=O) groups excluding carboxylic acids is 1. The zero-order valence-corrected chi connectivity index (χ0v) is 24.5. The lowest BCUT2D eigenvalue weighted by Crippen LogP contribution is -2.32. The van der Waals surface area contributed by atoms with Gasteiger partial charge in [-0.2, -0.15) is 26.3 Å². The predicted molar refractivity (Wildman–Crippen MR) is 147 cm³/mol. The number of anilines is 1. The monoisotopic (exact) mass is 672 g/mol. The Hall–Kier alpha value is -4.45. The molecule has 0 aliphatic carbocycles. The van der Waals surface area contributed by atoms with Crippen LogP contribution in [0, 0.1) is 5.82 Å². The maximum Gasteiger partial charge on any atom is 0.416 e. The van der Waals surface area contributed by atoms with Crippen LogP contribution in [0.4, 0.5) is 36.4 Å². The van der Waals surface area contributed by atoms with Gasteiger partial charge in [-0.1, -0.05) is 6.07 Å². The SMILES string of the molecule is CS(=O)(=O)N1CCC(c2ncc(-c3nnc(CN(C(=O)Cc4ccc(C(F)(F)F)cc4C(F)(F)F)c4ccc(F)cc4)o3)cn2)C1. The molecule has 18 heteroatoms. The molecule has 0 bridgehead atoms. The van der Waals surface area contributed by atoms with Crippen molar-refractivity contribution >= 4 is 21.6 Å². The van der Waals surface area contributed by atoms with E-state index in [1.165, 1.54) is 28.8 Å². The number of carbonyl (C=O) groups is 1. The third kappa shape index (κ3) is 7.50. The second-order valence-electron chi connectivity index (χ2n) is 10.4. The molecule has 1 unspecified atom stereocenters. The molecule has 2 aromatic carbocycles. The van der Waals surface area contributed by atoms with Gasteiger partial charge in [-0.3, -0.25) is 4.79 Å². The Morgan fingerprint density at radius 1 is 1.00 bits per heavy atom. The summed E-state index contributed by atoms with van der Waals surface area (Å²) in [6, 6.07) is 5.36. The fourth-order valence-corrected chi connectivity index (χ4v) is 5.73. The molecule has 244 valence electrons. The topological polar surface area (TPSA) is 122 Å². The molecule has 0 radical (unpaired) electrons. The number of nitrogens with zero attached hydrogens (tertiary/aromatic N) is 6. The number of aromatic nitrogens is 4. The van der Waals surface area contributed by atoms with Gasteiger partial charge in [0.05, 0.1) is 29.4 Å². The molecule has 0 spiro atoms. The van der Waals surface area contributed by atoms with E-state index in [0.29, 0.717) is 30.9 Å². The van der Waals surface area contributed by atoms with E-state index in [-0.39, 0.29) is 41.6 Å². The molecule has 46 heavy (non-hydrogen) atoms. The molecule has 1 saturated heterocycles. The summed E-state index contributed by atoms with van der Waals surface area (Å²) in [5.74, 6) is -1.71. The summed E-state index contributed by atoms with van der Waals surface area (Å²) in [6.07, 6.45) is -6.78. The Morgan fingerprint density at radius 2 is 1.67 bits per heavy atom. The first-order valence-electron chi connectivity index (χ1n) is 13.4. The van der Waals surface area contributed by atoms with Gasteiger partial charge < -0.3 is 9.32 Å². The third-order valence-corrected chi connectivity index (χ3v) is 8.46. The maximum atomic E-state index is 13.7. The number of amides is 1. The normalized spacial score (nSPS) is 16.1. The van der Waals surface area contributed by atoms with Crippen LogP contribution in [0.15, 0.2) is 59.3 Å². The van der Waals surface area contributed by atoms with Crippen LogP contribution >= 0.6 is 0 Å². The average molecular weight is 673 g/mol. The van der Waals surface area contributed by atoms with Gasteiger partial charge >= 0.3 is 12.4 Å². The van der Waals surface area contributed by atoms with Crippen molar-refractivity contribution in [3.05, 3.63) is 89.1 Å². The second kappa shape index (κ2) is 12.4. The number of sulfonamides is 1. The molecule has 1 fully saturated rings. The van der Waals surface area contributed by atoms with Crippen LogP contribution in [0.3, 0.4) is 0 Å². The molecule has 0 N–H and O–H groups in total. The summed E-state index contributed by atoms with van der Waals surface area (Å²) in [7, 11) is -3.36. The second-order valence-corrected chi connectivity index (χ2v) is 12.4. The van der Waals surface area contributed by atoms with E-state index in [2.05, 4.69) is 20.2 Å². The number of rotatable bonds is 8. The van der Waals surface area contributed by atoms with Crippen molar-refractivity contribution in [1.82, 2.24) is 24.5 Å². The summed E-state index contributed by atoms with van der Waals surface area (Å²) in [5, 5.41) is 7.78. The minimum Gasteiger partial charge on any atom is -0.419 e. The van der Waals surface area contributed by atoms with Crippen molar-refractivity contribution in [2.24, 2.45) is 0 Å². The van der Waals surface area contributed by atoms with Crippen molar-refractivity contribution in [2.75, 3.05) is 24.2 Å². The molecule has 10 nitrogen and oxygen atoms in total. The summed E-state index contributed by atoms with van der Waals surface area (Å²) < 4.78 is 125. The van der Waals surface area contributed by atoms with Crippen molar-refractivity contribution < 1.29 is 48.4 Å². The highest BCUT2D eigenvalue weighted by atomic mass is 32.2. The molecule has 0 saturated carbocycles. The first-order valence-corrected chi connectivity index (χ1v) is 15.3. The summed E-state index contributed by atoms with van der Waals surface area (Å²) in [4.78, 5) is 22.9. The third-order valence-electron chi connectivity index (χ3n) is 7.19. The maximum absolute atomic E-state index is 13.7. The van der Waals surface area contributed by atoms with Crippen molar-refractivity contribution in [3.63, 3.8) is 0 Å². The van der Waals surface area contributed by atoms with Gasteiger partial charge in [0.15, 0.2) is 0 Å². The lowest BCUT2D eigenvalue weighted by atomic mass is 10.00. The van der Waals surface area contributed by atoms with Crippen molar-refractivity contribution in [1.29, 1.82) is 0 Å². The zero-order valence-electron chi connectivity index (χ0n) is 23.7. The molecule has 4 aromatic rings. The minimum absolute atomic E-state index is 0.0407. The number of hydrogen-bond donors (Lipinski definition) is 0. The van der Waals surface area contributed by atoms with E-state index in [4.69, 9.17) is 4.42 Å². The molecular weight excluding hydrogens is 649 g/mol. The number of alkyl halides is 6. The molecular formula is C28H23F7N6O4S. The van der Waals surface area contributed by atoms with E-state index in [9.17, 15) is 43.9 Å². The zero-order chi connectivity index (χ0) is 33.4. The first kappa shape index (κ1) is 32.9. The Kier molecular flexibility index (Phi) is 8.87. The Balaban J connectivity index is 1.37. The number of benzene rings is 2. The van der Waals surface area contributed by atoms with E-state index in [1.54, 1.807) is 0 Å². The number of hydrogen-bond acceptors (Lipinski definition) is 8. The van der Waals surface area contributed by atoms with Gasteiger partial charge in [-0.25, -0.2) is 27.1 Å². The Morgan fingerprint density at radius 3 is 2.26 bits per heavy atom. The van der Waals surface area contributed by atoms with Crippen LogP contribution in [-0.2, 0) is 40.1 Å². The average Bonchev–Trinajstić information content (AvgIpc) is 3.66. The van der Waals surface area contributed by atoms with Crippen LogP contribution < -0.4 is 4.90 Å². The van der Waals surface area contributed by atoms with Gasteiger partial charge in [0.25, 0.3) is 5.89 Å². The molecule has 1 aliphatic heterocycles.